The van der Waals surface area contributed by atoms with E-state index in [0.717, 1.165) is 19.3 Å². The van der Waals surface area contributed by atoms with Gasteiger partial charge in [0.25, 0.3) is 0 Å². The van der Waals surface area contributed by atoms with Crippen molar-refractivity contribution in [3.63, 3.8) is 0 Å². The van der Waals surface area contributed by atoms with E-state index in [1.807, 2.05) is 0 Å². The molecule has 1 atom stereocenters. The summed E-state index contributed by atoms with van der Waals surface area (Å²) in [6.07, 6.45) is 1.98. The fourth-order valence-corrected chi connectivity index (χ4v) is 1.24. The van der Waals surface area contributed by atoms with E-state index >= 15 is 0 Å². The third-order valence-corrected chi connectivity index (χ3v) is 1.78. The molecule has 1 heterocycles. The van der Waals surface area contributed by atoms with Crippen LogP contribution in [0.4, 0.5) is 0 Å². The second kappa shape index (κ2) is 2.10. The van der Waals surface area contributed by atoms with Crippen molar-refractivity contribution in [1.82, 2.24) is 5.32 Å². The highest BCUT2D eigenvalue weighted by Crippen LogP contribution is 2.25. The summed E-state index contributed by atoms with van der Waals surface area (Å²) in [7, 11) is 0. The van der Waals surface area contributed by atoms with Gasteiger partial charge in [0.1, 0.15) is 6.29 Å². The Hall–Kier alpha value is -0.370. The van der Waals surface area contributed by atoms with Crippen molar-refractivity contribution >= 4 is 6.29 Å². The highest BCUT2D eigenvalue weighted by atomic mass is 16.1. The summed E-state index contributed by atoms with van der Waals surface area (Å²) in [6, 6.07) is 0.111. The third kappa shape index (κ3) is 1.52. The van der Waals surface area contributed by atoms with Crippen LogP contribution in [0.5, 0.6) is 0 Å². The molecule has 52 valence electrons. The number of nitrogens with one attached hydrogen (secondary N) is 1. The van der Waals surface area contributed by atoms with Gasteiger partial charge in [-0.2, -0.15) is 0 Å². The molecule has 1 N–H and O–H groups in total. The summed E-state index contributed by atoms with van der Waals surface area (Å²) < 4.78 is 0. The maximum absolute atomic E-state index is 10.2. The van der Waals surface area contributed by atoms with Crippen LogP contribution < -0.4 is 5.32 Å². The molecule has 9 heavy (non-hydrogen) atoms. The summed E-state index contributed by atoms with van der Waals surface area (Å²) in [5.41, 5.74) is 0.325. The monoisotopic (exact) mass is 127 g/mol. The van der Waals surface area contributed by atoms with E-state index in [4.69, 9.17) is 0 Å². The Labute approximate surface area is 55.6 Å². The van der Waals surface area contributed by atoms with E-state index in [9.17, 15) is 4.79 Å². The van der Waals surface area contributed by atoms with Gasteiger partial charge < -0.3 is 10.1 Å². The molecule has 2 nitrogen and oxygen atoms in total. The largest absolute Gasteiger partial charge is 0.307 e. The molecule has 0 bridgehead atoms. The Morgan fingerprint density at radius 1 is 1.67 bits per heavy atom. The molecule has 1 aliphatic heterocycles. The van der Waals surface area contributed by atoms with Gasteiger partial charge in [0.15, 0.2) is 0 Å². The zero-order valence-corrected chi connectivity index (χ0v) is 5.98. The minimum Gasteiger partial charge on any atom is -0.307 e. The SMILES string of the molecule is CC1(C)CNC(C=O)C1. The van der Waals surface area contributed by atoms with E-state index in [-0.39, 0.29) is 6.04 Å². The molecular weight excluding hydrogens is 114 g/mol. The first-order valence-electron chi connectivity index (χ1n) is 3.33. The summed E-state index contributed by atoms with van der Waals surface area (Å²) in [5.74, 6) is 0. The molecule has 1 unspecified atom stereocenters. The molecule has 1 saturated heterocycles. The van der Waals surface area contributed by atoms with Gasteiger partial charge >= 0.3 is 0 Å². The molecule has 0 radical (unpaired) electrons. The quantitative estimate of drug-likeness (QED) is 0.522. The van der Waals surface area contributed by atoms with Crippen LogP contribution in [0.1, 0.15) is 20.3 Å². The Balaban J connectivity index is 2.47. The van der Waals surface area contributed by atoms with Crippen molar-refractivity contribution < 1.29 is 4.79 Å². The molecule has 1 aliphatic rings. The fraction of sp³-hybridized carbons (Fsp3) is 0.857. The number of carbonyl (C=O) groups excluding carboxylic acids is 1. The fourth-order valence-electron chi connectivity index (χ4n) is 1.24. The predicted molar refractivity (Wildman–Crippen MR) is 36.3 cm³/mol. The van der Waals surface area contributed by atoms with Crippen LogP contribution in [0.25, 0.3) is 0 Å². The molecule has 0 amide bonds. The molecule has 1 rings (SSSR count). The topological polar surface area (TPSA) is 29.1 Å². The van der Waals surface area contributed by atoms with E-state index in [0.29, 0.717) is 5.41 Å². The number of aldehydes is 1. The Morgan fingerprint density at radius 3 is 2.56 bits per heavy atom. The van der Waals surface area contributed by atoms with Gasteiger partial charge in [-0.05, 0) is 11.8 Å². The van der Waals surface area contributed by atoms with Crippen molar-refractivity contribution in [2.45, 2.75) is 26.3 Å². The van der Waals surface area contributed by atoms with Gasteiger partial charge in [0, 0.05) is 6.54 Å². The van der Waals surface area contributed by atoms with Crippen LogP contribution in [0.2, 0.25) is 0 Å². The molecule has 0 spiro atoms. The van der Waals surface area contributed by atoms with Crippen molar-refractivity contribution in [2.24, 2.45) is 5.41 Å². The smallest absolute Gasteiger partial charge is 0.136 e. The molecule has 0 aliphatic carbocycles. The first-order chi connectivity index (χ1) is 4.14. The summed E-state index contributed by atoms with van der Waals surface area (Å²) in [5, 5.41) is 3.13. The average molecular weight is 127 g/mol. The van der Waals surface area contributed by atoms with E-state index in [1.165, 1.54) is 0 Å². The number of hydrogen-bond donors (Lipinski definition) is 1. The minimum atomic E-state index is 0.111. The van der Waals surface area contributed by atoms with Crippen molar-refractivity contribution in [3.8, 4) is 0 Å². The standard InChI is InChI=1S/C7H13NO/c1-7(2)3-6(4-9)8-5-7/h4,6,8H,3,5H2,1-2H3. The lowest BCUT2D eigenvalue weighted by atomic mass is 9.91. The highest BCUT2D eigenvalue weighted by Gasteiger charge is 2.29. The lowest BCUT2D eigenvalue weighted by Crippen LogP contribution is -2.22. The van der Waals surface area contributed by atoms with Crippen LogP contribution in [-0.4, -0.2) is 18.9 Å². The molecule has 0 aromatic carbocycles. The Kier molecular flexibility index (Phi) is 1.58. The number of rotatable bonds is 1. The zero-order valence-electron chi connectivity index (χ0n) is 5.98. The Morgan fingerprint density at radius 2 is 2.33 bits per heavy atom. The zero-order chi connectivity index (χ0) is 6.91. The molecule has 0 aromatic heterocycles. The molecule has 1 fully saturated rings. The van der Waals surface area contributed by atoms with Gasteiger partial charge in [-0.1, -0.05) is 13.8 Å². The van der Waals surface area contributed by atoms with Gasteiger partial charge in [0.05, 0.1) is 6.04 Å². The lowest BCUT2D eigenvalue weighted by molar-refractivity contribution is -0.109. The maximum Gasteiger partial charge on any atom is 0.136 e. The van der Waals surface area contributed by atoms with Crippen LogP contribution in [0.15, 0.2) is 0 Å². The van der Waals surface area contributed by atoms with Crippen molar-refractivity contribution in [1.29, 1.82) is 0 Å². The van der Waals surface area contributed by atoms with Crippen molar-refractivity contribution in [3.05, 3.63) is 0 Å². The second-order valence-corrected chi connectivity index (χ2v) is 3.49. The number of carbonyl (C=O) groups is 1. The first kappa shape index (κ1) is 6.75. The van der Waals surface area contributed by atoms with Crippen LogP contribution in [0, 0.1) is 5.41 Å². The van der Waals surface area contributed by atoms with E-state index < -0.39 is 0 Å². The van der Waals surface area contributed by atoms with Gasteiger partial charge in [-0.3, -0.25) is 0 Å². The number of hydrogen-bond acceptors (Lipinski definition) is 2. The molecule has 0 saturated carbocycles. The predicted octanol–water partition coefficient (Wildman–Crippen LogP) is 0.573. The van der Waals surface area contributed by atoms with Crippen LogP contribution >= 0.6 is 0 Å². The van der Waals surface area contributed by atoms with Crippen LogP contribution in [0.3, 0.4) is 0 Å². The van der Waals surface area contributed by atoms with E-state index in [1.54, 1.807) is 0 Å². The second-order valence-electron chi connectivity index (χ2n) is 3.49. The first-order valence-corrected chi connectivity index (χ1v) is 3.33. The van der Waals surface area contributed by atoms with Gasteiger partial charge in [-0.25, -0.2) is 0 Å². The lowest BCUT2D eigenvalue weighted by Gasteiger charge is -2.13. The Bertz CT molecular complexity index is 120. The van der Waals surface area contributed by atoms with Gasteiger partial charge in [0.2, 0.25) is 0 Å². The van der Waals surface area contributed by atoms with E-state index in [2.05, 4.69) is 19.2 Å². The molecule has 0 aromatic rings. The summed E-state index contributed by atoms with van der Waals surface area (Å²) >= 11 is 0. The minimum absolute atomic E-state index is 0.111. The molecular formula is C7H13NO. The maximum atomic E-state index is 10.2. The average Bonchev–Trinajstić information content (AvgIpc) is 2.10. The van der Waals surface area contributed by atoms with Crippen molar-refractivity contribution in [2.75, 3.05) is 6.54 Å². The molecule has 2 heteroatoms. The normalized spacial score (nSPS) is 32.4. The summed E-state index contributed by atoms with van der Waals surface area (Å²) in [4.78, 5) is 10.2. The highest BCUT2D eigenvalue weighted by molar-refractivity contribution is 5.58. The third-order valence-electron chi connectivity index (χ3n) is 1.78. The van der Waals surface area contributed by atoms with Gasteiger partial charge in [-0.15, -0.1) is 0 Å². The van der Waals surface area contributed by atoms with Crippen LogP contribution in [-0.2, 0) is 4.79 Å². The summed E-state index contributed by atoms with van der Waals surface area (Å²) in [6.45, 7) is 5.31.